The van der Waals surface area contributed by atoms with Crippen molar-refractivity contribution in [3.05, 3.63) is 0 Å². The Morgan fingerprint density at radius 1 is 1.08 bits per heavy atom. The highest BCUT2D eigenvalue weighted by Gasteiger charge is 2.24. The molecule has 0 saturated heterocycles. The predicted molar refractivity (Wildman–Crippen MR) is 51.4 cm³/mol. The van der Waals surface area contributed by atoms with Crippen molar-refractivity contribution in [1.82, 2.24) is 0 Å². The van der Waals surface area contributed by atoms with Crippen LogP contribution in [0.25, 0.3) is 0 Å². The molecule has 0 spiro atoms. The summed E-state index contributed by atoms with van der Waals surface area (Å²) in [6.45, 7) is 0. The molecule has 1 fully saturated rings. The molecule has 1 aliphatic rings. The highest BCUT2D eigenvalue weighted by molar-refractivity contribution is 5.70. The summed E-state index contributed by atoms with van der Waals surface area (Å²) in [5.74, 6) is -1.02. The first-order chi connectivity index (χ1) is 6.22. The number of aliphatic carboxylic acids is 1. The van der Waals surface area contributed by atoms with Gasteiger partial charge in [0.15, 0.2) is 0 Å². The second kappa shape index (κ2) is 5.22. The van der Waals surface area contributed by atoms with Crippen LogP contribution < -0.4 is 5.73 Å². The Hall–Kier alpha value is -0.570. The van der Waals surface area contributed by atoms with Gasteiger partial charge in [-0.25, -0.2) is 0 Å². The zero-order valence-electron chi connectivity index (χ0n) is 8.04. The average Bonchev–Trinajstić information content (AvgIpc) is 2.16. The third-order valence-corrected chi connectivity index (χ3v) is 2.89. The van der Waals surface area contributed by atoms with Gasteiger partial charge in [-0.05, 0) is 12.8 Å². The minimum atomic E-state index is -0.714. The monoisotopic (exact) mass is 185 g/mol. The summed E-state index contributed by atoms with van der Waals surface area (Å²) in [6, 6.07) is -0.129. The van der Waals surface area contributed by atoms with Crippen molar-refractivity contribution in [2.75, 3.05) is 0 Å². The summed E-state index contributed by atoms with van der Waals surface area (Å²) in [6.07, 6.45) is 7.35. The molecular formula is C10H19NO2. The molecule has 0 aromatic heterocycles. The van der Waals surface area contributed by atoms with Crippen molar-refractivity contribution >= 4 is 5.97 Å². The summed E-state index contributed by atoms with van der Waals surface area (Å²) >= 11 is 0. The maximum absolute atomic E-state index is 10.9. The van der Waals surface area contributed by atoms with Crippen LogP contribution in [0.15, 0.2) is 0 Å². The summed E-state index contributed by atoms with van der Waals surface area (Å²) in [5.41, 5.74) is 5.84. The van der Waals surface area contributed by atoms with Crippen molar-refractivity contribution in [3.63, 3.8) is 0 Å². The van der Waals surface area contributed by atoms with Crippen LogP contribution in [0.4, 0.5) is 0 Å². The molecule has 3 nitrogen and oxygen atoms in total. The first-order valence-electron chi connectivity index (χ1n) is 5.20. The number of hydrogen-bond donors (Lipinski definition) is 2. The lowest BCUT2D eigenvalue weighted by Gasteiger charge is -2.18. The van der Waals surface area contributed by atoms with Gasteiger partial charge in [-0.15, -0.1) is 0 Å². The van der Waals surface area contributed by atoms with E-state index in [0.717, 1.165) is 32.1 Å². The van der Waals surface area contributed by atoms with E-state index in [1.54, 1.807) is 0 Å². The molecule has 0 aromatic carbocycles. The maximum atomic E-state index is 10.9. The van der Waals surface area contributed by atoms with E-state index >= 15 is 0 Å². The van der Waals surface area contributed by atoms with Gasteiger partial charge in [0, 0.05) is 6.04 Å². The average molecular weight is 185 g/mol. The molecule has 0 amide bonds. The van der Waals surface area contributed by atoms with E-state index in [1.165, 1.54) is 12.8 Å². The van der Waals surface area contributed by atoms with Crippen molar-refractivity contribution in [2.24, 2.45) is 11.7 Å². The number of hydrogen-bond acceptors (Lipinski definition) is 2. The zero-order chi connectivity index (χ0) is 9.68. The summed E-state index contributed by atoms with van der Waals surface area (Å²) in [5, 5.41) is 8.94. The highest BCUT2D eigenvalue weighted by atomic mass is 16.4. The molecule has 2 unspecified atom stereocenters. The predicted octanol–water partition coefficient (Wildman–Crippen LogP) is 1.76. The van der Waals surface area contributed by atoms with Crippen molar-refractivity contribution in [3.8, 4) is 0 Å². The topological polar surface area (TPSA) is 63.3 Å². The molecule has 0 bridgehead atoms. The molecule has 76 valence electrons. The largest absolute Gasteiger partial charge is 0.481 e. The van der Waals surface area contributed by atoms with Crippen LogP contribution >= 0.6 is 0 Å². The second-order valence-corrected chi connectivity index (χ2v) is 3.95. The SMILES string of the molecule is NC1CCCCCCCC1C(=O)O. The van der Waals surface area contributed by atoms with Crippen LogP contribution in [-0.2, 0) is 4.79 Å². The smallest absolute Gasteiger partial charge is 0.308 e. The Morgan fingerprint density at radius 3 is 2.23 bits per heavy atom. The highest BCUT2D eigenvalue weighted by Crippen LogP contribution is 2.21. The molecule has 1 rings (SSSR count). The third kappa shape index (κ3) is 3.35. The van der Waals surface area contributed by atoms with E-state index in [2.05, 4.69) is 0 Å². The Balaban J connectivity index is 2.50. The molecule has 0 heterocycles. The molecule has 1 saturated carbocycles. The lowest BCUT2D eigenvalue weighted by atomic mass is 9.92. The molecule has 2 atom stereocenters. The number of carboxylic acid groups (broad SMARTS) is 1. The fourth-order valence-electron chi connectivity index (χ4n) is 2.00. The van der Waals surface area contributed by atoms with Crippen LogP contribution in [0, 0.1) is 5.92 Å². The van der Waals surface area contributed by atoms with Gasteiger partial charge < -0.3 is 10.8 Å². The molecular weight excluding hydrogens is 166 g/mol. The van der Waals surface area contributed by atoms with Gasteiger partial charge in [0.1, 0.15) is 0 Å². The van der Waals surface area contributed by atoms with Gasteiger partial charge in [-0.1, -0.05) is 32.1 Å². The fourth-order valence-corrected chi connectivity index (χ4v) is 2.00. The minimum Gasteiger partial charge on any atom is -0.481 e. The quantitative estimate of drug-likeness (QED) is 0.654. The van der Waals surface area contributed by atoms with Gasteiger partial charge in [0.05, 0.1) is 5.92 Å². The van der Waals surface area contributed by atoms with Gasteiger partial charge in [-0.2, -0.15) is 0 Å². The van der Waals surface area contributed by atoms with Crippen LogP contribution in [0.2, 0.25) is 0 Å². The number of nitrogens with two attached hydrogens (primary N) is 1. The number of rotatable bonds is 1. The van der Waals surface area contributed by atoms with Gasteiger partial charge in [0.25, 0.3) is 0 Å². The van der Waals surface area contributed by atoms with E-state index in [0.29, 0.717) is 0 Å². The van der Waals surface area contributed by atoms with E-state index in [1.807, 2.05) is 0 Å². The van der Waals surface area contributed by atoms with Crippen molar-refractivity contribution in [1.29, 1.82) is 0 Å². The lowest BCUT2D eigenvalue weighted by molar-refractivity contribution is -0.142. The Labute approximate surface area is 79.3 Å². The lowest BCUT2D eigenvalue weighted by Crippen LogP contribution is -2.35. The number of carbonyl (C=O) groups is 1. The maximum Gasteiger partial charge on any atom is 0.308 e. The van der Waals surface area contributed by atoms with Gasteiger partial charge in [-0.3, -0.25) is 4.79 Å². The molecule has 0 aromatic rings. The molecule has 3 heteroatoms. The van der Waals surface area contributed by atoms with Crippen LogP contribution in [0.3, 0.4) is 0 Å². The zero-order valence-corrected chi connectivity index (χ0v) is 8.04. The normalized spacial score (nSPS) is 31.5. The van der Waals surface area contributed by atoms with Crippen LogP contribution in [0.5, 0.6) is 0 Å². The van der Waals surface area contributed by atoms with E-state index < -0.39 is 5.97 Å². The second-order valence-electron chi connectivity index (χ2n) is 3.95. The standard InChI is InChI=1S/C10H19NO2/c11-9-7-5-3-1-2-4-6-8(9)10(12)13/h8-9H,1-7,11H2,(H,12,13). The first-order valence-corrected chi connectivity index (χ1v) is 5.20. The van der Waals surface area contributed by atoms with E-state index in [-0.39, 0.29) is 12.0 Å². The summed E-state index contributed by atoms with van der Waals surface area (Å²) < 4.78 is 0. The molecule has 13 heavy (non-hydrogen) atoms. The Kier molecular flexibility index (Phi) is 4.22. The molecule has 1 aliphatic carbocycles. The molecule has 3 N–H and O–H groups in total. The Bertz CT molecular complexity index is 170. The van der Waals surface area contributed by atoms with Crippen LogP contribution in [0.1, 0.15) is 44.9 Å². The Morgan fingerprint density at radius 2 is 1.62 bits per heavy atom. The van der Waals surface area contributed by atoms with Crippen molar-refractivity contribution in [2.45, 2.75) is 51.0 Å². The van der Waals surface area contributed by atoms with E-state index in [4.69, 9.17) is 10.8 Å². The van der Waals surface area contributed by atoms with Crippen LogP contribution in [-0.4, -0.2) is 17.1 Å². The third-order valence-electron chi connectivity index (χ3n) is 2.89. The number of carboxylic acids is 1. The first kappa shape index (κ1) is 10.5. The van der Waals surface area contributed by atoms with Crippen molar-refractivity contribution < 1.29 is 9.90 Å². The fraction of sp³-hybridized carbons (Fsp3) is 0.900. The van der Waals surface area contributed by atoms with E-state index in [9.17, 15) is 4.79 Å². The van der Waals surface area contributed by atoms with Gasteiger partial charge in [0.2, 0.25) is 0 Å². The van der Waals surface area contributed by atoms with Gasteiger partial charge >= 0.3 is 5.97 Å². The molecule has 0 radical (unpaired) electrons. The molecule has 0 aliphatic heterocycles. The minimum absolute atomic E-state index is 0.129. The summed E-state index contributed by atoms with van der Waals surface area (Å²) in [4.78, 5) is 10.9. The summed E-state index contributed by atoms with van der Waals surface area (Å²) in [7, 11) is 0.